The largest absolute Gasteiger partial charge is 0.497 e. The first kappa shape index (κ1) is 15.3. The maximum absolute atomic E-state index is 5.71. The van der Waals surface area contributed by atoms with Crippen molar-refractivity contribution in [2.75, 3.05) is 19.0 Å². The summed E-state index contributed by atoms with van der Waals surface area (Å²) in [5, 5.41) is 3.35. The quantitative estimate of drug-likeness (QED) is 0.804. The molecule has 0 atom stereocenters. The molecule has 0 aliphatic carbocycles. The van der Waals surface area contributed by atoms with Crippen LogP contribution in [0.4, 0.5) is 5.69 Å². The Balaban J connectivity index is 1.82. The molecule has 0 fully saturated rings. The summed E-state index contributed by atoms with van der Waals surface area (Å²) in [6.45, 7) is 4.19. The minimum atomic E-state index is 0.508. The van der Waals surface area contributed by atoms with Crippen molar-refractivity contribution in [2.24, 2.45) is 0 Å². The van der Waals surface area contributed by atoms with E-state index in [-0.39, 0.29) is 0 Å². The normalized spacial score (nSPS) is 10.4. The topological polar surface area (TPSA) is 43.4 Å². The number of nitrogens with zero attached hydrogens (tertiary/aromatic N) is 1. The monoisotopic (exact) mass is 286 g/mol. The fraction of sp³-hybridized carbons (Fsp3) is 0.353. The molecular formula is C17H22N2O2. The van der Waals surface area contributed by atoms with Crippen molar-refractivity contribution < 1.29 is 9.47 Å². The second-order valence-electron chi connectivity index (χ2n) is 4.80. The number of anilines is 1. The molecule has 0 aliphatic rings. The summed E-state index contributed by atoms with van der Waals surface area (Å²) in [7, 11) is 1.66. The van der Waals surface area contributed by atoms with Crippen LogP contribution in [0.1, 0.15) is 24.6 Å². The highest BCUT2D eigenvalue weighted by Gasteiger charge is 1.99. The van der Waals surface area contributed by atoms with E-state index in [9.17, 15) is 0 Å². The van der Waals surface area contributed by atoms with E-state index >= 15 is 0 Å². The number of rotatable bonds is 8. The third-order valence-electron chi connectivity index (χ3n) is 3.07. The molecule has 1 heterocycles. The smallest absolute Gasteiger partial charge is 0.118 e. The number of ether oxygens (including phenoxy) is 2. The van der Waals surface area contributed by atoms with Crippen molar-refractivity contribution in [3.05, 3.63) is 53.9 Å². The molecule has 4 heteroatoms. The SMILES string of the molecule is CCCNc1ccnc(COCc2ccc(OC)cc2)c1. The van der Waals surface area contributed by atoms with Gasteiger partial charge in [-0.3, -0.25) is 4.98 Å². The maximum Gasteiger partial charge on any atom is 0.118 e. The predicted molar refractivity (Wildman–Crippen MR) is 84.5 cm³/mol. The average Bonchev–Trinajstić information content (AvgIpc) is 2.54. The van der Waals surface area contributed by atoms with Crippen LogP contribution in [0.15, 0.2) is 42.6 Å². The van der Waals surface area contributed by atoms with E-state index in [1.54, 1.807) is 7.11 Å². The van der Waals surface area contributed by atoms with Gasteiger partial charge in [0.15, 0.2) is 0 Å². The van der Waals surface area contributed by atoms with Crippen molar-refractivity contribution >= 4 is 5.69 Å². The minimum Gasteiger partial charge on any atom is -0.497 e. The summed E-state index contributed by atoms with van der Waals surface area (Å²) >= 11 is 0. The van der Waals surface area contributed by atoms with Crippen molar-refractivity contribution in [3.63, 3.8) is 0 Å². The van der Waals surface area contributed by atoms with Crippen LogP contribution in [0.5, 0.6) is 5.75 Å². The maximum atomic E-state index is 5.71. The predicted octanol–water partition coefficient (Wildman–Crippen LogP) is 3.63. The number of benzene rings is 1. The van der Waals surface area contributed by atoms with Gasteiger partial charge in [-0.05, 0) is 36.2 Å². The molecule has 0 amide bonds. The summed E-state index contributed by atoms with van der Waals surface area (Å²) in [6, 6.07) is 11.9. The Morgan fingerprint density at radius 1 is 1.10 bits per heavy atom. The number of hydrogen-bond donors (Lipinski definition) is 1. The van der Waals surface area contributed by atoms with Gasteiger partial charge in [0.2, 0.25) is 0 Å². The zero-order chi connectivity index (χ0) is 14.9. The van der Waals surface area contributed by atoms with E-state index in [2.05, 4.69) is 17.2 Å². The fourth-order valence-electron chi connectivity index (χ4n) is 1.93. The molecule has 112 valence electrons. The van der Waals surface area contributed by atoms with Crippen LogP contribution in [0.3, 0.4) is 0 Å². The molecule has 0 saturated carbocycles. The lowest BCUT2D eigenvalue weighted by Crippen LogP contribution is -2.02. The van der Waals surface area contributed by atoms with Gasteiger partial charge in [-0.1, -0.05) is 19.1 Å². The van der Waals surface area contributed by atoms with Gasteiger partial charge in [-0.2, -0.15) is 0 Å². The third-order valence-corrected chi connectivity index (χ3v) is 3.07. The highest BCUT2D eigenvalue weighted by atomic mass is 16.5. The van der Waals surface area contributed by atoms with E-state index in [0.29, 0.717) is 13.2 Å². The van der Waals surface area contributed by atoms with Crippen LogP contribution in [0, 0.1) is 0 Å². The molecule has 1 aromatic carbocycles. The van der Waals surface area contributed by atoms with Crippen LogP contribution < -0.4 is 10.1 Å². The summed E-state index contributed by atoms with van der Waals surface area (Å²) in [4.78, 5) is 4.32. The van der Waals surface area contributed by atoms with E-state index in [1.807, 2.05) is 42.6 Å². The van der Waals surface area contributed by atoms with E-state index in [1.165, 1.54) is 0 Å². The number of methoxy groups -OCH3 is 1. The van der Waals surface area contributed by atoms with E-state index < -0.39 is 0 Å². The molecule has 0 aliphatic heterocycles. The van der Waals surface area contributed by atoms with Gasteiger partial charge < -0.3 is 14.8 Å². The minimum absolute atomic E-state index is 0.508. The first-order chi connectivity index (χ1) is 10.3. The molecule has 2 aromatic rings. The second-order valence-corrected chi connectivity index (χ2v) is 4.80. The van der Waals surface area contributed by atoms with Gasteiger partial charge in [-0.25, -0.2) is 0 Å². The van der Waals surface area contributed by atoms with Gasteiger partial charge in [0, 0.05) is 18.4 Å². The van der Waals surface area contributed by atoms with Gasteiger partial charge in [0.25, 0.3) is 0 Å². The zero-order valence-electron chi connectivity index (χ0n) is 12.6. The number of nitrogens with one attached hydrogen (secondary N) is 1. The van der Waals surface area contributed by atoms with Crippen LogP contribution in [-0.4, -0.2) is 18.6 Å². The Hall–Kier alpha value is -2.07. The lowest BCUT2D eigenvalue weighted by molar-refractivity contribution is 0.104. The summed E-state index contributed by atoms with van der Waals surface area (Å²) in [5.74, 6) is 0.857. The molecule has 0 saturated heterocycles. The Morgan fingerprint density at radius 3 is 2.62 bits per heavy atom. The van der Waals surface area contributed by atoms with E-state index in [4.69, 9.17) is 9.47 Å². The second kappa shape index (κ2) is 8.27. The molecule has 0 radical (unpaired) electrons. The Labute approximate surface area is 126 Å². The molecular weight excluding hydrogens is 264 g/mol. The molecule has 21 heavy (non-hydrogen) atoms. The summed E-state index contributed by atoms with van der Waals surface area (Å²) in [5.41, 5.74) is 3.15. The van der Waals surface area contributed by atoms with Crippen molar-refractivity contribution in [1.82, 2.24) is 4.98 Å². The Morgan fingerprint density at radius 2 is 1.90 bits per heavy atom. The van der Waals surface area contributed by atoms with Gasteiger partial charge in [0.1, 0.15) is 5.75 Å². The van der Waals surface area contributed by atoms with Crippen LogP contribution in [0.2, 0.25) is 0 Å². The summed E-state index contributed by atoms with van der Waals surface area (Å²) in [6.07, 6.45) is 2.91. The van der Waals surface area contributed by atoms with Gasteiger partial charge >= 0.3 is 0 Å². The third kappa shape index (κ3) is 5.08. The molecule has 4 nitrogen and oxygen atoms in total. The zero-order valence-corrected chi connectivity index (χ0v) is 12.6. The molecule has 0 bridgehead atoms. The van der Waals surface area contributed by atoms with Crippen molar-refractivity contribution in [3.8, 4) is 5.75 Å². The lowest BCUT2D eigenvalue weighted by atomic mass is 10.2. The molecule has 0 spiro atoms. The van der Waals surface area contributed by atoms with Crippen molar-refractivity contribution in [1.29, 1.82) is 0 Å². The number of pyridine rings is 1. The molecule has 1 N–H and O–H groups in total. The Bertz CT molecular complexity index is 541. The van der Waals surface area contributed by atoms with Gasteiger partial charge in [0.05, 0.1) is 26.0 Å². The van der Waals surface area contributed by atoms with Crippen LogP contribution in [0.25, 0.3) is 0 Å². The lowest BCUT2D eigenvalue weighted by Gasteiger charge is -2.08. The highest BCUT2D eigenvalue weighted by molar-refractivity contribution is 5.42. The average molecular weight is 286 g/mol. The summed E-state index contributed by atoms with van der Waals surface area (Å²) < 4.78 is 10.8. The van der Waals surface area contributed by atoms with Gasteiger partial charge in [-0.15, -0.1) is 0 Å². The first-order valence-corrected chi connectivity index (χ1v) is 7.21. The standard InChI is InChI=1S/C17H22N2O2/c1-3-9-18-15-8-10-19-16(11-15)13-21-12-14-4-6-17(20-2)7-5-14/h4-8,10-11H,3,9,12-13H2,1-2H3,(H,18,19). The Kier molecular flexibility index (Phi) is 6.03. The molecule has 2 rings (SSSR count). The highest BCUT2D eigenvalue weighted by Crippen LogP contribution is 2.13. The van der Waals surface area contributed by atoms with Crippen LogP contribution in [-0.2, 0) is 18.0 Å². The van der Waals surface area contributed by atoms with Crippen LogP contribution >= 0.6 is 0 Å². The van der Waals surface area contributed by atoms with Crippen molar-refractivity contribution in [2.45, 2.75) is 26.6 Å². The van der Waals surface area contributed by atoms with E-state index in [0.717, 1.165) is 35.7 Å². The molecule has 0 unspecified atom stereocenters. The first-order valence-electron chi connectivity index (χ1n) is 7.21. The fourth-order valence-corrected chi connectivity index (χ4v) is 1.93. The number of aromatic nitrogens is 1. The molecule has 1 aromatic heterocycles. The number of hydrogen-bond acceptors (Lipinski definition) is 4.